The van der Waals surface area contributed by atoms with Gasteiger partial charge < -0.3 is 15.8 Å². The predicted molar refractivity (Wildman–Crippen MR) is 85.3 cm³/mol. The zero-order valence-corrected chi connectivity index (χ0v) is 13.8. The molecule has 21 heavy (non-hydrogen) atoms. The summed E-state index contributed by atoms with van der Waals surface area (Å²) in [6, 6.07) is 0. The molecule has 0 saturated carbocycles. The number of hydrogen-bond acceptors (Lipinski definition) is 3. The molecule has 122 valence electrons. The molecule has 5 heteroatoms. The largest absolute Gasteiger partial charge is 0.409 e. The van der Waals surface area contributed by atoms with E-state index in [1.807, 2.05) is 18.7 Å². The number of amidine groups is 1. The van der Waals surface area contributed by atoms with Crippen molar-refractivity contribution < 1.29 is 10.0 Å². The second kappa shape index (κ2) is 8.25. The minimum atomic E-state index is -0.828. The van der Waals surface area contributed by atoms with Crippen LogP contribution in [0.3, 0.4) is 0 Å². The molecule has 1 unspecified atom stereocenters. The van der Waals surface area contributed by atoms with E-state index in [1.165, 1.54) is 6.42 Å². The Morgan fingerprint density at radius 1 is 1.29 bits per heavy atom. The van der Waals surface area contributed by atoms with Crippen molar-refractivity contribution in [2.45, 2.75) is 65.7 Å². The van der Waals surface area contributed by atoms with Crippen molar-refractivity contribution in [1.82, 2.24) is 4.90 Å². The molecule has 0 aromatic carbocycles. The molecule has 0 radical (unpaired) electrons. The second-order valence-corrected chi connectivity index (χ2v) is 6.40. The molecule has 1 fully saturated rings. The topological polar surface area (TPSA) is 78.9 Å². The van der Waals surface area contributed by atoms with Crippen molar-refractivity contribution >= 4 is 11.7 Å². The minimum Gasteiger partial charge on any atom is -0.409 e. The average molecular weight is 297 g/mol. The third-order valence-corrected chi connectivity index (χ3v) is 4.66. The number of carbonyl (C=O) groups excluding carboxylic acids is 1. The monoisotopic (exact) mass is 297 g/mol. The lowest BCUT2D eigenvalue weighted by Gasteiger charge is -2.36. The summed E-state index contributed by atoms with van der Waals surface area (Å²) in [6.45, 7) is 7.88. The van der Waals surface area contributed by atoms with E-state index in [1.54, 1.807) is 0 Å². The first kappa shape index (κ1) is 17.8. The first-order valence-electron chi connectivity index (χ1n) is 8.29. The Labute approximate surface area is 128 Å². The molecule has 1 saturated heterocycles. The van der Waals surface area contributed by atoms with Gasteiger partial charge in [-0.1, -0.05) is 38.8 Å². The van der Waals surface area contributed by atoms with Gasteiger partial charge in [-0.25, -0.2) is 0 Å². The molecule has 1 heterocycles. The van der Waals surface area contributed by atoms with Crippen molar-refractivity contribution in [2.75, 3.05) is 13.1 Å². The molecule has 1 atom stereocenters. The Hall–Kier alpha value is -1.26. The van der Waals surface area contributed by atoms with E-state index in [0.717, 1.165) is 38.8 Å². The highest BCUT2D eigenvalue weighted by molar-refractivity contribution is 6.06. The van der Waals surface area contributed by atoms with Crippen LogP contribution in [0.2, 0.25) is 0 Å². The lowest BCUT2D eigenvalue weighted by Crippen LogP contribution is -2.51. The van der Waals surface area contributed by atoms with Crippen molar-refractivity contribution in [2.24, 2.45) is 22.2 Å². The maximum Gasteiger partial charge on any atom is 0.236 e. The highest BCUT2D eigenvalue weighted by atomic mass is 16.4. The molecule has 1 aliphatic heterocycles. The fraction of sp³-hybridized carbons (Fsp3) is 0.875. The zero-order valence-electron chi connectivity index (χ0n) is 13.8. The van der Waals surface area contributed by atoms with Crippen molar-refractivity contribution in [3.63, 3.8) is 0 Å². The molecular formula is C16H31N3O2. The number of amides is 1. The summed E-state index contributed by atoms with van der Waals surface area (Å²) in [5.74, 6) is 0.794. The van der Waals surface area contributed by atoms with Gasteiger partial charge in [-0.05, 0) is 38.0 Å². The summed E-state index contributed by atoms with van der Waals surface area (Å²) >= 11 is 0. The maximum absolute atomic E-state index is 13.1. The van der Waals surface area contributed by atoms with Gasteiger partial charge >= 0.3 is 0 Å². The lowest BCUT2D eigenvalue weighted by molar-refractivity contribution is -0.139. The Bertz CT molecular complexity index is 363. The van der Waals surface area contributed by atoms with Gasteiger partial charge in [0.2, 0.25) is 5.91 Å². The fourth-order valence-electron chi connectivity index (χ4n) is 3.42. The van der Waals surface area contributed by atoms with Gasteiger partial charge in [0, 0.05) is 13.1 Å². The van der Waals surface area contributed by atoms with E-state index in [4.69, 9.17) is 10.9 Å². The smallest absolute Gasteiger partial charge is 0.236 e. The lowest BCUT2D eigenvalue weighted by atomic mass is 9.76. The van der Waals surface area contributed by atoms with Crippen LogP contribution >= 0.6 is 0 Å². The summed E-state index contributed by atoms with van der Waals surface area (Å²) in [5.41, 5.74) is 5.12. The number of nitrogens with two attached hydrogens (primary N) is 1. The van der Waals surface area contributed by atoms with Crippen molar-refractivity contribution in [1.29, 1.82) is 0 Å². The summed E-state index contributed by atoms with van der Waals surface area (Å²) in [6.07, 6.45) is 6.21. The summed E-state index contributed by atoms with van der Waals surface area (Å²) in [7, 11) is 0. The third kappa shape index (κ3) is 4.11. The highest BCUT2D eigenvalue weighted by Gasteiger charge is 2.44. The molecule has 0 aliphatic carbocycles. The highest BCUT2D eigenvalue weighted by Crippen LogP contribution is 2.34. The van der Waals surface area contributed by atoms with E-state index in [-0.39, 0.29) is 11.7 Å². The van der Waals surface area contributed by atoms with E-state index >= 15 is 0 Å². The molecule has 0 spiro atoms. The van der Waals surface area contributed by atoms with Gasteiger partial charge in [-0.3, -0.25) is 4.79 Å². The zero-order chi connectivity index (χ0) is 15.9. The SMILES string of the molecule is CCCC(CCC)(C(=O)N1CCCC(C)CC1)C(N)=NO. The van der Waals surface area contributed by atoms with Crippen LogP contribution in [-0.2, 0) is 4.79 Å². The van der Waals surface area contributed by atoms with Crippen molar-refractivity contribution in [3.8, 4) is 0 Å². The number of carbonyl (C=O) groups is 1. The molecule has 3 N–H and O–H groups in total. The van der Waals surface area contributed by atoms with Gasteiger partial charge in [-0.2, -0.15) is 0 Å². The van der Waals surface area contributed by atoms with Gasteiger partial charge in [0.15, 0.2) is 5.84 Å². The Kier molecular flexibility index (Phi) is 6.99. The standard InChI is InChI=1S/C16H31N3O2/c1-4-9-16(10-5-2,14(17)18-21)15(20)19-11-6-7-13(3)8-12-19/h13,21H,4-12H2,1-3H3,(H2,17,18). The molecule has 1 amide bonds. The molecule has 1 aliphatic rings. The number of hydrogen-bond donors (Lipinski definition) is 2. The van der Waals surface area contributed by atoms with Gasteiger partial charge in [0.25, 0.3) is 0 Å². The first-order valence-corrected chi connectivity index (χ1v) is 8.29. The number of rotatable bonds is 6. The van der Waals surface area contributed by atoms with E-state index in [2.05, 4.69) is 12.1 Å². The van der Waals surface area contributed by atoms with Crippen LogP contribution in [0.1, 0.15) is 65.7 Å². The molecule has 0 bridgehead atoms. The van der Waals surface area contributed by atoms with Gasteiger partial charge in [0.05, 0.1) is 0 Å². The van der Waals surface area contributed by atoms with Crippen LogP contribution in [0.15, 0.2) is 5.16 Å². The summed E-state index contributed by atoms with van der Waals surface area (Å²) < 4.78 is 0. The predicted octanol–water partition coefficient (Wildman–Crippen LogP) is 2.97. The molecule has 0 aromatic rings. The normalized spacial score (nSPS) is 21.2. The first-order chi connectivity index (χ1) is 10.0. The van der Waals surface area contributed by atoms with E-state index < -0.39 is 5.41 Å². The second-order valence-electron chi connectivity index (χ2n) is 6.40. The van der Waals surface area contributed by atoms with Crippen molar-refractivity contribution in [3.05, 3.63) is 0 Å². The van der Waals surface area contributed by atoms with Gasteiger partial charge in [-0.15, -0.1) is 0 Å². The molecule has 0 aromatic heterocycles. The van der Waals surface area contributed by atoms with Crippen LogP contribution < -0.4 is 5.73 Å². The minimum absolute atomic E-state index is 0.0515. The third-order valence-electron chi connectivity index (χ3n) is 4.66. The van der Waals surface area contributed by atoms with Gasteiger partial charge in [0.1, 0.15) is 5.41 Å². The van der Waals surface area contributed by atoms with Crippen LogP contribution in [0.4, 0.5) is 0 Å². The molecule has 1 rings (SSSR count). The number of likely N-dealkylation sites (tertiary alicyclic amines) is 1. The molecule has 5 nitrogen and oxygen atoms in total. The average Bonchev–Trinajstić information content (AvgIpc) is 2.70. The quantitative estimate of drug-likeness (QED) is 0.342. The van der Waals surface area contributed by atoms with E-state index in [9.17, 15) is 4.79 Å². The van der Waals surface area contributed by atoms with Crippen LogP contribution in [0.25, 0.3) is 0 Å². The fourth-order valence-corrected chi connectivity index (χ4v) is 3.42. The van der Waals surface area contributed by atoms with Crippen LogP contribution in [-0.4, -0.2) is 34.9 Å². The number of oxime groups is 1. The summed E-state index contributed by atoms with van der Waals surface area (Å²) in [5, 5.41) is 12.4. The van der Waals surface area contributed by atoms with Crippen LogP contribution in [0, 0.1) is 11.3 Å². The summed E-state index contributed by atoms with van der Waals surface area (Å²) in [4.78, 5) is 15.1. The van der Waals surface area contributed by atoms with Crippen LogP contribution in [0.5, 0.6) is 0 Å². The Balaban J connectivity index is 3.02. The Morgan fingerprint density at radius 3 is 2.43 bits per heavy atom. The maximum atomic E-state index is 13.1. The Morgan fingerprint density at radius 2 is 1.90 bits per heavy atom. The number of nitrogens with zero attached hydrogens (tertiary/aromatic N) is 2. The van der Waals surface area contributed by atoms with E-state index in [0.29, 0.717) is 18.8 Å². The molecular weight excluding hydrogens is 266 g/mol.